The molecule has 2 aromatic rings. The lowest BCUT2D eigenvalue weighted by atomic mass is 10.0. The third-order valence-corrected chi connectivity index (χ3v) is 4.03. The number of aryl methyl sites for hydroxylation is 2. The van der Waals surface area contributed by atoms with Crippen molar-refractivity contribution in [1.29, 1.82) is 0 Å². The molecule has 0 saturated heterocycles. The quantitative estimate of drug-likeness (QED) is 0.790. The van der Waals surface area contributed by atoms with Crippen LogP contribution in [0.5, 0.6) is 0 Å². The van der Waals surface area contributed by atoms with Crippen molar-refractivity contribution in [3.63, 3.8) is 0 Å². The van der Waals surface area contributed by atoms with Crippen LogP contribution in [0.2, 0.25) is 0 Å². The van der Waals surface area contributed by atoms with E-state index >= 15 is 0 Å². The molecule has 0 unspecified atom stereocenters. The number of thiophene rings is 1. The smallest absolute Gasteiger partial charge is 0.196 e. The Kier molecular flexibility index (Phi) is 3.21. The highest BCUT2D eigenvalue weighted by Gasteiger charge is 2.15. The number of carbonyl (C=O) groups is 1. The van der Waals surface area contributed by atoms with Gasteiger partial charge in [0, 0.05) is 37.7 Å². The summed E-state index contributed by atoms with van der Waals surface area (Å²) in [6, 6.07) is 3.70. The largest absolute Gasteiger partial charge is 0.288 e. The second-order valence-electron chi connectivity index (χ2n) is 3.55. The maximum absolute atomic E-state index is 12.2. The van der Waals surface area contributed by atoms with Gasteiger partial charge in [-0.25, -0.2) is 0 Å². The van der Waals surface area contributed by atoms with Crippen LogP contribution in [0.4, 0.5) is 0 Å². The fraction of sp³-hybridized carbons (Fsp3) is 0.167. The van der Waals surface area contributed by atoms with E-state index in [4.69, 9.17) is 0 Å². The van der Waals surface area contributed by atoms with Crippen molar-refractivity contribution < 1.29 is 4.79 Å². The molecule has 2 nitrogen and oxygen atoms in total. The van der Waals surface area contributed by atoms with Crippen LogP contribution < -0.4 is 0 Å². The molecule has 0 N–H and O–H groups in total. The number of nitrogens with zero attached hydrogens (tertiary/aromatic N) is 1. The average molecular weight is 296 g/mol. The zero-order valence-electron chi connectivity index (χ0n) is 8.95. The Morgan fingerprint density at radius 1 is 1.25 bits per heavy atom. The number of ketones is 1. The van der Waals surface area contributed by atoms with Gasteiger partial charge in [-0.05, 0) is 41.9 Å². The summed E-state index contributed by atoms with van der Waals surface area (Å²) in [6.45, 7) is 3.78. The lowest BCUT2D eigenvalue weighted by molar-refractivity contribution is 0.103. The van der Waals surface area contributed by atoms with Crippen molar-refractivity contribution in [2.24, 2.45) is 0 Å². The predicted molar refractivity (Wildman–Crippen MR) is 69.2 cm³/mol. The van der Waals surface area contributed by atoms with Crippen molar-refractivity contribution in [1.82, 2.24) is 4.98 Å². The molecule has 2 rings (SSSR count). The summed E-state index contributed by atoms with van der Waals surface area (Å²) < 4.78 is 0.850. The number of rotatable bonds is 2. The molecule has 4 heteroatoms. The normalized spacial score (nSPS) is 10.4. The van der Waals surface area contributed by atoms with Crippen LogP contribution in [0.15, 0.2) is 27.4 Å². The number of hydrogen-bond acceptors (Lipinski definition) is 3. The fourth-order valence-electron chi connectivity index (χ4n) is 1.52. The van der Waals surface area contributed by atoms with Gasteiger partial charge in [0.25, 0.3) is 0 Å². The van der Waals surface area contributed by atoms with Crippen LogP contribution in [0.1, 0.15) is 27.3 Å². The predicted octanol–water partition coefficient (Wildman–Crippen LogP) is 3.75. The minimum atomic E-state index is 0.0260. The summed E-state index contributed by atoms with van der Waals surface area (Å²) in [6.07, 6.45) is 0. The van der Waals surface area contributed by atoms with Gasteiger partial charge in [0.2, 0.25) is 0 Å². The lowest BCUT2D eigenvalue weighted by Gasteiger charge is -2.04. The SMILES string of the molecule is Cc1ccc(C(=O)c2cscc2Br)c(C)n1. The monoisotopic (exact) mass is 295 g/mol. The van der Waals surface area contributed by atoms with E-state index in [1.54, 1.807) is 0 Å². The average Bonchev–Trinajstić information content (AvgIpc) is 2.63. The van der Waals surface area contributed by atoms with Crippen LogP contribution in [-0.4, -0.2) is 10.8 Å². The second-order valence-corrected chi connectivity index (χ2v) is 5.15. The molecule has 0 saturated carbocycles. The molecule has 16 heavy (non-hydrogen) atoms. The van der Waals surface area contributed by atoms with E-state index in [2.05, 4.69) is 20.9 Å². The molecule has 0 fully saturated rings. The molecular formula is C12H10BrNOS. The highest BCUT2D eigenvalue weighted by Crippen LogP contribution is 2.24. The van der Waals surface area contributed by atoms with E-state index in [0.717, 1.165) is 15.9 Å². The van der Waals surface area contributed by atoms with E-state index < -0.39 is 0 Å². The molecule has 0 aliphatic heterocycles. The van der Waals surface area contributed by atoms with Gasteiger partial charge in [-0.1, -0.05) is 0 Å². The summed E-state index contributed by atoms with van der Waals surface area (Å²) in [4.78, 5) is 16.5. The zero-order chi connectivity index (χ0) is 11.7. The van der Waals surface area contributed by atoms with Crippen LogP contribution in [0.3, 0.4) is 0 Å². The molecule has 0 atom stereocenters. The van der Waals surface area contributed by atoms with Gasteiger partial charge in [0.15, 0.2) is 5.78 Å². The summed E-state index contributed by atoms with van der Waals surface area (Å²) in [5.74, 6) is 0.0260. The molecule has 2 aromatic heterocycles. The van der Waals surface area contributed by atoms with Crippen LogP contribution in [0.25, 0.3) is 0 Å². The van der Waals surface area contributed by atoms with E-state index in [9.17, 15) is 4.79 Å². The third-order valence-electron chi connectivity index (χ3n) is 2.33. The van der Waals surface area contributed by atoms with Crippen molar-refractivity contribution >= 4 is 33.0 Å². The number of halogens is 1. The van der Waals surface area contributed by atoms with Gasteiger partial charge in [-0.3, -0.25) is 9.78 Å². The maximum atomic E-state index is 12.2. The Morgan fingerprint density at radius 3 is 2.56 bits per heavy atom. The number of hydrogen-bond donors (Lipinski definition) is 0. The van der Waals surface area contributed by atoms with E-state index in [1.165, 1.54) is 11.3 Å². The first-order valence-electron chi connectivity index (χ1n) is 4.80. The number of pyridine rings is 1. The fourth-order valence-corrected chi connectivity index (χ4v) is 2.97. The van der Waals surface area contributed by atoms with Crippen molar-refractivity contribution in [3.05, 3.63) is 49.9 Å². The molecule has 0 spiro atoms. The van der Waals surface area contributed by atoms with Gasteiger partial charge in [-0.15, -0.1) is 0 Å². The van der Waals surface area contributed by atoms with Crippen LogP contribution in [-0.2, 0) is 0 Å². The Balaban J connectivity index is 2.46. The molecule has 0 amide bonds. The molecule has 0 radical (unpaired) electrons. The Bertz CT molecular complexity index is 548. The van der Waals surface area contributed by atoms with E-state index in [0.29, 0.717) is 11.1 Å². The number of carbonyl (C=O) groups excluding carboxylic acids is 1. The van der Waals surface area contributed by atoms with E-state index in [-0.39, 0.29) is 5.78 Å². The molecule has 0 aliphatic rings. The first-order chi connectivity index (χ1) is 7.59. The Hall–Kier alpha value is -1.00. The molecule has 0 aliphatic carbocycles. The highest BCUT2D eigenvalue weighted by molar-refractivity contribution is 9.10. The second kappa shape index (κ2) is 4.47. The van der Waals surface area contributed by atoms with Crippen molar-refractivity contribution in [3.8, 4) is 0 Å². The summed E-state index contributed by atoms with van der Waals surface area (Å²) in [5, 5.41) is 3.76. The zero-order valence-corrected chi connectivity index (χ0v) is 11.4. The van der Waals surface area contributed by atoms with Gasteiger partial charge in [-0.2, -0.15) is 11.3 Å². The Labute approximate surface area is 106 Å². The minimum Gasteiger partial charge on any atom is -0.288 e. The van der Waals surface area contributed by atoms with Crippen molar-refractivity contribution in [2.75, 3.05) is 0 Å². The van der Waals surface area contributed by atoms with Crippen LogP contribution in [0, 0.1) is 13.8 Å². The molecule has 0 aromatic carbocycles. The van der Waals surface area contributed by atoms with Gasteiger partial charge >= 0.3 is 0 Å². The lowest BCUT2D eigenvalue weighted by Crippen LogP contribution is -2.05. The third kappa shape index (κ3) is 2.08. The van der Waals surface area contributed by atoms with Crippen molar-refractivity contribution in [2.45, 2.75) is 13.8 Å². The van der Waals surface area contributed by atoms with Gasteiger partial charge in [0.05, 0.1) is 0 Å². The highest BCUT2D eigenvalue weighted by atomic mass is 79.9. The molecule has 82 valence electrons. The summed E-state index contributed by atoms with van der Waals surface area (Å²) in [5.41, 5.74) is 3.09. The maximum Gasteiger partial charge on any atom is 0.196 e. The first kappa shape index (κ1) is 11.5. The standard InChI is InChI=1S/C12H10BrNOS/c1-7-3-4-9(8(2)14-7)12(15)10-5-16-6-11(10)13/h3-6H,1-2H3. The molecule has 2 heterocycles. The van der Waals surface area contributed by atoms with Crippen LogP contribution >= 0.6 is 27.3 Å². The summed E-state index contributed by atoms with van der Waals surface area (Å²) >= 11 is 4.88. The van der Waals surface area contributed by atoms with Gasteiger partial charge < -0.3 is 0 Å². The topological polar surface area (TPSA) is 30.0 Å². The van der Waals surface area contributed by atoms with Gasteiger partial charge in [0.1, 0.15) is 0 Å². The summed E-state index contributed by atoms with van der Waals surface area (Å²) in [7, 11) is 0. The van der Waals surface area contributed by atoms with E-state index in [1.807, 2.05) is 36.7 Å². The number of aromatic nitrogens is 1. The minimum absolute atomic E-state index is 0.0260. The molecular weight excluding hydrogens is 286 g/mol. The first-order valence-corrected chi connectivity index (χ1v) is 6.54. The molecule has 0 bridgehead atoms. The Morgan fingerprint density at radius 2 is 2.00 bits per heavy atom.